The highest BCUT2D eigenvalue weighted by molar-refractivity contribution is 9.10. The predicted octanol–water partition coefficient (Wildman–Crippen LogP) is 2.34. The maximum atomic E-state index is 14.4. The minimum Gasteiger partial charge on any atom is -0.316 e. The SMILES string of the molecule is CNCc1cc(Br)cc(S(=O)(=O)NCC2CCSC2)c1F. The van der Waals surface area contributed by atoms with Gasteiger partial charge in [-0.1, -0.05) is 15.9 Å². The van der Waals surface area contributed by atoms with Crippen molar-refractivity contribution in [2.45, 2.75) is 17.9 Å². The van der Waals surface area contributed by atoms with E-state index in [0.29, 0.717) is 22.5 Å². The van der Waals surface area contributed by atoms with E-state index < -0.39 is 15.8 Å². The second-order valence-corrected chi connectivity index (χ2v) is 8.79. The quantitative estimate of drug-likeness (QED) is 0.774. The van der Waals surface area contributed by atoms with Gasteiger partial charge in [-0.25, -0.2) is 17.5 Å². The summed E-state index contributed by atoms with van der Waals surface area (Å²) in [6.45, 7) is 0.635. The van der Waals surface area contributed by atoms with Gasteiger partial charge in [-0.3, -0.25) is 0 Å². The average molecular weight is 397 g/mol. The summed E-state index contributed by atoms with van der Waals surface area (Å²) in [4.78, 5) is -0.298. The molecule has 2 N–H and O–H groups in total. The van der Waals surface area contributed by atoms with Gasteiger partial charge in [0, 0.05) is 23.1 Å². The van der Waals surface area contributed by atoms with Crippen molar-refractivity contribution < 1.29 is 12.8 Å². The molecule has 0 aliphatic carbocycles. The summed E-state index contributed by atoms with van der Waals surface area (Å²) in [5.74, 6) is 1.65. The van der Waals surface area contributed by atoms with Gasteiger partial charge in [-0.05, 0) is 43.0 Å². The summed E-state index contributed by atoms with van der Waals surface area (Å²) < 4.78 is 42.1. The second kappa shape index (κ2) is 7.41. The van der Waals surface area contributed by atoms with Crippen LogP contribution in [0.5, 0.6) is 0 Å². The summed E-state index contributed by atoms with van der Waals surface area (Å²) in [5.41, 5.74) is 0.323. The van der Waals surface area contributed by atoms with E-state index in [4.69, 9.17) is 0 Å². The lowest BCUT2D eigenvalue weighted by Crippen LogP contribution is -2.30. The Morgan fingerprint density at radius 2 is 2.24 bits per heavy atom. The Labute approximate surface area is 137 Å². The molecule has 0 radical (unpaired) electrons. The first kappa shape index (κ1) is 17.2. The molecule has 8 heteroatoms. The van der Waals surface area contributed by atoms with Crippen molar-refractivity contribution in [2.24, 2.45) is 5.92 Å². The molecule has 1 atom stereocenters. The molecule has 1 heterocycles. The Morgan fingerprint density at radius 3 is 2.86 bits per heavy atom. The number of nitrogens with one attached hydrogen (secondary N) is 2. The summed E-state index contributed by atoms with van der Waals surface area (Å²) in [6.07, 6.45) is 0.999. The van der Waals surface area contributed by atoms with Gasteiger partial charge in [0.15, 0.2) is 0 Å². The van der Waals surface area contributed by atoms with Gasteiger partial charge >= 0.3 is 0 Å². The molecule has 2 rings (SSSR count). The number of hydrogen-bond donors (Lipinski definition) is 2. The Bertz CT molecular complexity index is 604. The Hall–Kier alpha value is -0.150. The summed E-state index contributed by atoms with van der Waals surface area (Å²) in [6, 6.07) is 2.89. The van der Waals surface area contributed by atoms with Gasteiger partial charge in [0.05, 0.1) is 0 Å². The molecule has 118 valence electrons. The van der Waals surface area contributed by atoms with Gasteiger partial charge in [0.2, 0.25) is 10.0 Å². The lowest BCUT2D eigenvalue weighted by Gasteiger charge is -2.13. The fraction of sp³-hybridized carbons (Fsp3) is 0.538. The van der Waals surface area contributed by atoms with Crippen LogP contribution >= 0.6 is 27.7 Å². The minimum atomic E-state index is -3.83. The summed E-state index contributed by atoms with van der Waals surface area (Å²) >= 11 is 5.06. The second-order valence-electron chi connectivity index (χ2n) is 4.99. The molecule has 1 aliphatic heterocycles. The molecule has 1 fully saturated rings. The van der Waals surface area contributed by atoms with E-state index in [2.05, 4.69) is 26.0 Å². The molecule has 1 unspecified atom stereocenters. The summed E-state index contributed by atoms with van der Waals surface area (Å²) in [5, 5.41) is 2.83. The van der Waals surface area contributed by atoms with Crippen LogP contribution in [-0.2, 0) is 16.6 Å². The Kier molecular flexibility index (Phi) is 6.07. The first-order valence-electron chi connectivity index (χ1n) is 6.64. The topological polar surface area (TPSA) is 58.2 Å². The van der Waals surface area contributed by atoms with E-state index in [0.717, 1.165) is 17.9 Å². The molecule has 1 aliphatic rings. The minimum absolute atomic E-state index is 0.271. The van der Waals surface area contributed by atoms with E-state index in [1.807, 2.05) is 11.8 Å². The molecule has 0 aromatic heterocycles. The largest absolute Gasteiger partial charge is 0.316 e. The standard InChI is InChI=1S/C13H18BrFN2O2S2/c1-16-7-10-4-11(14)5-12(13(10)15)21(18,19)17-6-9-2-3-20-8-9/h4-5,9,16-17H,2-3,6-8H2,1H3. The normalized spacial score (nSPS) is 19.1. The van der Waals surface area contributed by atoms with Crippen molar-refractivity contribution >= 4 is 37.7 Å². The van der Waals surface area contributed by atoms with Crippen molar-refractivity contribution in [3.63, 3.8) is 0 Å². The number of halogens is 2. The highest BCUT2D eigenvalue weighted by Crippen LogP contribution is 2.26. The van der Waals surface area contributed by atoms with Crippen LogP contribution < -0.4 is 10.0 Å². The number of thioether (sulfide) groups is 1. The van der Waals surface area contributed by atoms with Crippen molar-refractivity contribution in [3.05, 3.63) is 28.0 Å². The maximum absolute atomic E-state index is 14.4. The van der Waals surface area contributed by atoms with Crippen molar-refractivity contribution in [2.75, 3.05) is 25.1 Å². The van der Waals surface area contributed by atoms with Crippen molar-refractivity contribution in [1.29, 1.82) is 0 Å². The third kappa shape index (κ3) is 4.41. The van der Waals surface area contributed by atoms with Crippen LogP contribution in [-0.4, -0.2) is 33.5 Å². The third-order valence-corrected chi connectivity index (χ3v) is 6.43. The molecule has 0 spiro atoms. The molecule has 4 nitrogen and oxygen atoms in total. The Morgan fingerprint density at radius 1 is 1.48 bits per heavy atom. The van der Waals surface area contributed by atoms with Crippen LogP contribution in [0.1, 0.15) is 12.0 Å². The molecular weight excluding hydrogens is 379 g/mol. The van der Waals surface area contributed by atoms with E-state index in [9.17, 15) is 12.8 Å². The van der Waals surface area contributed by atoms with Crippen molar-refractivity contribution in [3.8, 4) is 0 Å². The zero-order valence-electron chi connectivity index (χ0n) is 11.7. The third-order valence-electron chi connectivity index (χ3n) is 3.32. The first-order valence-corrected chi connectivity index (χ1v) is 10.1. The van der Waals surface area contributed by atoms with Crippen LogP contribution in [0, 0.1) is 11.7 Å². The highest BCUT2D eigenvalue weighted by Gasteiger charge is 2.24. The number of benzene rings is 1. The van der Waals surface area contributed by atoms with Gasteiger partial charge in [0.1, 0.15) is 10.7 Å². The Balaban J connectivity index is 2.21. The zero-order valence-corrected chi connectivity index (χ0v) is 14.9. The van der Waals surface area contributed by atoms with Crippen molar-refractivity contribution in [1.82, 2.24) is 10.0 Å². The van der Waals surface area contributed by atoms with E-state index in [1.54, 1.807) is 13.1 Å². The molecule has 0 saturated carbocycles. The van der Waals surface area contributed by atoms with E-state index >= 15 is 0 Å². The number of hydrogen-bond acceptors (Lipinski definition) is 4. The average Bonchev–Trinajstić information content (AvgIpc) is 2.94. The molecule has 1 aromatic rings. The van der Waals surface area contributed by atoms with Gasteiger partial charge in [-0.15, -0.1) is 0 Å². The first-order chi connectivity index (χ1) is 9.94. The van der Waals surface area contributed by atoms with Crippen LogP contribution in [0.3, 0.4) is 0 Å². The highest BCUT2D eigenvalue weighted by atomic mass is 79.9. The molecule has 0 bridgehead atoms. The van der Waals surface area contributed by atoms with Crippen LogP contribution in [0.25, 0.3) is 0 Å². The van der Waals surface area contributed by atoms with Crippen LogP contribution in [0.2, 0.25) is 0 Å². The molecule has 1 saturated heterocycles. The van der Waals surface area contributed by atoms with Gasteiger partial charge in [-0.2, -0.15) is 11.8 Å². The van der Waals surface area contributed by atoms with E-state index in [1.165, 1.54) is 6.07 Å². The maximum Gasteiger partial charge on any atom is 0.243 e. The molecule has 0 amide bonds. The lowest BCUT2D eigenvalue weighted by atomic mass is 10.1. The predicted molar refractivity (Wildman–Crippen MR) is 87.5 cm³/mol. The van der Waals surface area contributed by atoms with E-state index in [-0.39, 0.29) is 11.4 Å². The monoisotopic (exact) mass is 396 g/mol. The van der Waals surface area contributed by atoms with Gasteiger partial charge in [0.25, 0.3) is 0 Å². The number of rotatable bonds is 6. The molecule has 1 aromatic carbocycles. The zero-order chi connectivity index (χ0) is 15.5. The van der Waals surface area contributed by atoms with Gasteiger partial charge < -0.3 is 5.32 Å². The fourth-order valence-electron chi connectivity index (χ4n) is 2.18. The van der Waals surface area contributed by atoms with Crippen LogP contribution in [0.4, 0.5) is 4.39 Å². The lowest BCUT2D eigenvalue weighted by molar-refractivity contribution is 0.529. The summed E-state index contributed by atoms with van der Waals surface area (Å²) in [7, 11) is -2.15. The number of sulfonamides is 1. The smallest absolute Gasteiger partial charge is 0.243 e. The van der Waals surface area contributed by atoms with Crippen LogP contribution in [0.15, 0.2) is 21.5 Å². The molecule has 21 heavy (non-hydrogen) atoms. The molecular formula is C13H18BrFN2O2S2. The fourth-order valence-corrected chi connectivity index (χ4v) is 5.38.